The second-order valence-corrected chi connectivity index (χ2v) is 10.5. The van der Waals surface area contributed by atoms with Crippen molar-refractivity contribution in [3.05, 3.63) is 75.6 Å². The Morgan fingerprint density at radius 3 is 2.23 bits per heavy atom. The zero-order chi connectivity index (χ0) is 27.7. The van der Waals surface area contributed by atoms with Crippen LogP contribution in [0.1, 0.15) is 68.1 Å². The first-order valence-electron chi connectivity index (χ1n) is 13.8. The number of Topliss-reactive ketones (excluding diaryl/α,β-unsaturated/α-hetero) is 2. The van der Waals surface area contributed by atoms with Gasteiger partial charge in [0.1, 0.15) is 0 Å². The summed E-state index contributed by atoms with van der Waals surface area (Å²) in [6.45, 7) is 6.08. The van der Waals surface area contributed by atoms with E-state index < -0.39 is 5.92 Å². The molecule has 0 bridgehead atoms. The molecule has 2 aromatic rings. The van der Waals surface area contributed by atoms with Gasteiger partial charge in [0.25, 0.3) is 5.91 Å². The van der Waals surface area contributed by atoms with E-state index in [1.807, 2.05) is 58.2 Å². The van der Waals surface area contributed by atoms with Crippen molar-refractivity contribution in [3.8, 4) is 11.5 Å². The van der Waals surface area contributed by atoms with Gasteiger partial charge in [0, 0.05) is 54.0 Å². The predicted molar refractivity (Wildman–Crippen MR) is 150 cm³/mol. The first-order valence-corrected chi connectivity index (χ1v) is 13.8. The molecule has 0 aromatic heterocycles. The smallest absolute Gasteiger partial charge is 0.262 e. The van der Waals surface area contributed by atoms with Gasteiger partial charge in [-0.1, -0.05) is 18.2 Å². The van der Waals surface area contributed by atoms with Crippen LogP contribution in [0.4, 0.5) is 5.69 Å². The van der Waals surface area contributed by atoms with Crippen molar-refractivity contribution in [1.29, 1.82) is 0 Å². The van der Waals surface area contributed by atoms with Crippen LogP contribution in [0, 0.1) is 13.8 Å². The zero-order valence-corrected chi connectivity index (χ0v) is 23.2. The molecular weight excluding hydrogens is 492 g/mol. The number of aryl methyl sites for hydroxylation is 1. The Morgan fingerprint density at radius 1 is 0.923 bits per heavy atom. The molecule has 7 heteroatoms. The van der Waals surface area contributed by atoms with Crippen molar-refractivity contribution in [1.82, 2.24) is 4.90 Å². The van der Waals surface area contributed by atoms with Gasteiger partial charge in [-0.25, -0.2) is 0 Å². The Bertz CT molecular complexity index is 1360. The number of amides is 1. The number of benzene rings is 2. The molecule has 1 amide bonds. The summed E-state index contributed by atoms with van der Waals surface area (Å²) in [6, 6.07) is 11.3. The highest BCUT2D eigenvalue weighted by atomic mass is 16.5. The maximum atomic E-state index is 13.3. The standard InChI is InChI=1S/C32H36N2O5/c1-5-38-28-17-21(15-16-27(28)39-18-29(37)33-22-10-6-9-19(2)20(22)3)30-31-23(11-7-13-25(31)35)34(4)24-12-8-14-26(36)32(24)30/h6,9-10,15-17,30H,5,7-8,11-14,18H2,1-4H3,(H,33,37). The fourth-order valence-electron chi connectivity index (χ4n) is 5.99. The number of nitrogens with zero attached hydrogens (tertiary/aromatic N) is 1. The summed E-state index contributed by atoms with van der Waals surface area (Å²) in [4.78, 5) is 41.3. The molecule has 1 aliphatic heterocycles. The highest BCUT2D eigenvalue weighted by molar-refractivity contribution is 6.06. The molecule has 0 saturated carbocycles. The van der Waals surface area contributed by atoms with E-state index in [-0.39, 0.29) is 24.1 Å². The molecule has 0 spiro atoms. The molecule has 1 heterocycles. The van der Waals surface area contributed by atoms with Gasteiger partial charge in [0.15, 0.2) is 29.7 Å². The van der Waals surface area contributed by atoms with E-state index in [1.165, 1.54) is 0 Å². The average Bonchev–Trinajstić information content (AvgIpc) is 2.92. The highest BCUT2D eigenvalue weighted by Gasteiger charge is 2.42. The normalized spacial score (nSPS) is 17.7. The van der Waals surface area contributed by atoms with Gasteiger partial charge >= 0.3 is 0 Å². The number of ether oxygens (including phenoxy) is 2. The molecule has 0 saturated heterocycles. The number of nitrogens with one attached hydrogen (secondary N) is 1. The van der Waals surface area contributed by atoms with Crippen LogP contribution in [-0.2, 0) is 14.4 Å². The lowest BCUT2D eigenvalue weighted by Gasteiger charge is -2.42. The number of carbonyl (C=O) groups is 3. The van der Waals surface area contributed by atoms with E-state index in [2.05, 4.69) is 10.2 Å². The highest BCUT2D eigenvalue weighted by Crippen LogP contribution is 2.49. The van der Waals surface area contributed by atoms with Gasteiger partial charge in [-0.2, -0.15) is 0 Å². The Hall–Kier alpha value is -3.87. The van der Waals surface area contributed by atoms with E-state index in [9.17, 15) is 14.4 Å². The molecule has 2 aliphatic carbocycles. The third kappa shape index (κ3) is 5.10. The van der Waals surface area contributed by atoms with Gasteiger partial charge in [-0.3, -0.25) is 14.4 Å². The molecule has 7 nitrogen and oxygen atoms in total. The van der Waals surface area contributed by atoms with Crippen molar-refractivity contribution in [3.63, 3.8) is 0 Å². The van der Waals surface area contributed by atoms with E-state index in [0.717, 1.165) is 70.6 Å². The molecule has 39 heavy (non-hydrogen) atoms. The Morgan fingerprint density at radius 2 is 1.59 bits per heavy atom. The minimum atomic E-state index is -0.410. The number of anilines is 1. The number of rotatable bonds is 7. The second kappa shape index (κ2) is 11.1. The zero-order valence-electron chi connectivity index (χ0n) is 23.2. The summed E-state index contributed by atoms with van der Waals surface area (Å²) in [5.74, 6) is 0.476. The SMILES string of the molecule is CCOc1cc(C2C3=C(CCCC3=O)N(C)C3=C2C(=O)CCC3)ccc1OCC(=O)Nc1cccc(C)c1C. The molecule has 204 valence electrons. The van der Waals surface area contributed by atoms with Gasteiger partial charge in [-0.15, -0.1) is 0 Å². The number of ketones is 2. The molecule has 0 atom stereocenters. The van der Waals surface area contributed by atoms with Crippen molar-refractivity contribution in [2.45, 2.75) is 65.2 Å². The van der Waals surface area contributed by atoms with Crippen LogP contribution in [0.15, 0.2) is 58.9 Å². The molecule has 0 fully saturated rings. The second-order valence-electron chi connectivity index (χ2n) is 10.5. The summed E-state index contributed by atoms with van der Waals surface area (Å²) in [7, 11) is 1.99. The van der Waals surface area contributed by atoms with Crippen LogP contribution in [0.2, 0.25) is 0 Å². The van der Waals surface area contributed by atoms with E-state index in [0.29, 0.717) is 30.9 Å². The molecule has 1 N–H and O–H groups in total. The largest absolute Gasteiger partial charge is 0.490 e. The van der Waals surface area contributed by atoms with Crippen molar-refractivity contribution >= 4 is 23.2 Å². The lowest BCUT2D eigenvalue weighted by molar-refractivity contribution is -0.118. The maximum Gasteiger partial charge on any atom is 0.262 e. The van der Waals surface area contributed by atoms with Crippen LogP contribution >= 0.6 is 0 Å². The van der Waals surface area contributed by atoms with E-state index in [4.69, 9.17) is 9.47 Å². The first kappa shape index (κ1) is 26.7. The fourth-order valence-corrected chi connectivity index (χ4v) is 5.99. The minimum Gasteiger partial charge on any atom is -0.490 e. The minimum absolute atomic E-state index is 0.111. The van der Waals surface area contributed by atoms with Gasteiger partial charge < -0.3 is 19.7 Å². The van der Waals surface area contributed by atoms with E-state index >= 15 is 0 Å². The van der Waals surface area contributed by atoms with Gasteiger partial charge in [-0.05, 0) is 81.3 Å². The molecule has 0 unspecified atom stereocenters. The maximum absolute atomic E-state index is 13.3. The Labute approximate surface area is 229 Å². The third-order valence-electron chi connectivity index (χ3n) is 8.08. The van der Waals surface area contributed by atoms with Gasteiger partial charge in [0.2, 0.25) is 0 Å². The molecule has 5 rings (SSSR count). The summed E-state index contributed by atoms with van der Waals surface area (Å²) in [6.07, 6.45) is 4.30. The Kier molecular flexibility index (Phi) is 7.60. The van der Waals surface area contributed by atoms with Crippen LogP contribution in [0.25, 0.3) is 0 Å². The number of hydrogen-bond donors (Lipinski definition) is 1. The quantitative estimate of drug-likeness (QED) is 0.492. The van der Waals surface area contributed by atoms with Gasteiger partial charge in [0.05, 0.1) is 6.61 Å². The predicted octanol–water partition coefficient (Wildman–Crippen LogP) is 5.76. The van der Waals surface area contributed by atoms with Crippen molar-refractivity contribution < 1.29 is 23.9 Å². The Balaban J connectivity index is 1.45. The first-order chi connectivity index (χ1) is 18.8. The molecule has 2 aromatic carbocycles. The average molecular weight is 529 g/mol. The van der Waals surface area contributed by atoms with E-state index in [1.54, 1.807) is 6.07 Å². The fraction of sp³-hybridized carbons (Fsp3) is 0.406. The van der Waals surface area contributed by atoms with Crippen molar-refractivity contribution in [2.24, 2.45) is 0 Å². The summed E-state index contributed by atoms with van der Waals surface area (Å²) in [5, 5.41) is 2.92. The summed E-state index contributed by atoms with van der Waals surface area (Å²) in [5.41, 5.74) is 7.25. The monoisotopic (exact) mass is 528 g/mol. The molecule has 0 radical (unpaired) electrons. The molecular formula is C32H36N2O5. The van der Waals surface area contributed by atoms with Crippen molar-refractivity contribution in [2.75, 3.05) is 25.6 Å². The number of carbonyl (C=O) groups excluding carboxylic acids is 3. The number of allylic oxidation sites excluding steroid dienone is 4. The molecule has 3 aliphatic rings. The third-order valence-corrected chi connectivity index (χ3v) is 8.08. The lowest BCUT2D eigenvalue weighted by atomic mass is 9.71. The topological polar surface area (TPSA) is 84.9 Å². The summed E-state index contributed by atoms with van der Waals surface area (Å²) >= 11 is 0. The van der Waals surface area contributed by atoms with Crippen LogP contribution < -0.4 is 14.8 Å². The lowest BCUT2D eigenvalue weighted by Crippen LogP contribution is -2.37. The van der Waals surface area contributed by atoms with Crippen LogP contribution in [0.5, 0.6) is 11.5 Å². The van der Waals surface area contributed by atoms with Crippen LogP contribution in [-0.4, -0.2) is 42.6 Å². The summed E-state index contributed by atoms with van der Waals surface area (Å²) < 4.78 is 11.8. The van der Waals surface area contributed by atoms with Crippen LogP contribution in [0.3, 0.4) is 0 Å². The number of hydrogen-bond acceptors (Lipinski definition) is 6.